The van der Waals surface area contributed by atoms with Crippen LogP contribution in [0.2, 0.25) is 10.0 Å². The lowest BCUT2D eigenvalue weighted by Gasteiger charge is -2.27. The van der Waals surface area contributed by atoms with Crippen molar-refractivity contribution in [2.24, 2.45) is 0 Å². The summed E-state index contributed by atoms with van der Waals surface area (Å²) < 4.78 is 13.6. The maximum Gasteiger partial charge on any atom is 0.344 e. The molecule has 0 saturated heterocycles. The Balaban J connectivity index is 1.57. The molecule has 0 radical (unpaired) electrons. The van der Waals surface area contributed by atoms with E-state index < -0.39 is 11.5 Å². The fourth-order valence-electron chi connectivity index (χ4n) is 4.71. The second kappa shape index (κ2) is 7.91. The van der Waals surface area contributed by atoms with Crippen LogP contribution < -0.4 is 10.4 Å². The topological polar surface area (TPSA) is 82.5 Å². The SMILES string of the molecule is O=c1oc2ccccc2c2c1C(c1ccccc1Cl)c1c(ncn3nc(-c4ccccc4Cl)nc13)O2. The van der Waals surface area contributed by atoms with E-state index in [1.165, 1.54) is 6.33 Å². The molecule has 0 N–H and O–H groups in total. The van der Waals surface area contributed by atoms with Gasteiger partial charge in [0.2, 0.25) is 5.88 Å². The van der Waals surface area contributed by atoms with E-state index >= 15 is 0 Å². The number of hydrogen-bond acceptors (Lipinski definition) is 6. The van der Waals surface area contributed by atoms with Crippen molar-refractivity contribution in [3.63, 3.8) is 0 Å². The molecule has 1 aliphatic rings. The van der Waals surface area contributed by atoms with Crippen LogP contribution in [-0.4, -0.2) is 19.6 Å². The minimum Gasteiger partial charge on any atom is -0.437 e. The first-order chi connectivity index (χ1) is 17.6. The Morgan fingerprint density at radius 2 is 1.61 bits per heavy atom. The molecule has 6 aromatic rings. The van der Waals surface area contributed by atoms with Gasteiger partial charge in [-0.25, -0.2) is 19.3 Å². The van der Waals surface area contributed by atoms with Crippen molar-refractivity contribution >= 4 is 39.8 Å². The minimum atomic E-state index is -0.655. The van der Waals surface area contributed by atoms with E-state index in [0.29, 0.717) is 66.4 Å². The summed E-state index contributed by atoms with van der Waals surface area (Å²) in [6.45, 7) is 0. The Morgan fingerprint density at radius 1 is 0.861 bits per heavy atom. The average Bonchev–Trinajstić information content (AvgIpc) is 3.33. The normalized spacial score (nSPS) is 14.4. The van der Waals surface area contributed by atoms with Gasteiger partial charge in [-0.3, -0.25) is 0 Å². The smallest absolute Gasteiger partial charge is 0.344 e. The summed E-state index contributed by atoms with van der Waals surface area (Å²) in [5, 5.41) is 6.27. The number of aromatic nitrogens is 4. The van der Waals surface area contributed by atoms with Crippen LogP contribution in [0.4, 0.5) is 0 Å². The molecule has 174 valence electrons. The molecular formula is C27H14Cl2N4O3. The zero-order valence-corrected chi connectivity index (χ0v) is 19.9. The second-order valence-corrected chi connectivity index (χ2v) is 9.15. The number of hydrogen-bond donors (Lipinski definition) is 0. The van der Waals surface area contributed by atoms with Gasteiger partial charge >= 0.3 is 5.63 Å². The number of rotatable bonds is 2. The Kier molecular flexibility index (Phi) is 4.64. The summed E-state index contributed by atoms with van der Waals surface area (Å²) in [6.07, 6.45) is 1.53. The van der Waals surface area contributed by atoms with E-state index in [-0.39, 0.29) is 0 Å². The quantitative estimate of drug-likeness (QED) is 0.246. The van der Waals surface area contributed by atoms with E-state index in [2.05, 4.69) is 10.1 Å². The highest BCUT2D eigenvalue weighted by atomic mass is 35.5. The second-order valence-electron chi connectivity index (χ2n) is 8.33. The van der Waals surface area contributed by atoms with Gasteiger partial charge in [-0.1, -0.05) is 65.7 Å². The van der Waals surface area contributed by atoms with Crippen LogP contribution in [-0.2, 0) is 0 Å². The average molecular weight is 513 g/mol. The van der Waals surface area contributed by atoms with Crippen LogP contribution in [0, 0.1) is 0 Å². The lowest BCUT2D eigenvalue weighted by atomic mass is 9.84. The predicted molar refractivity (Wildman–Crippen MR) is 136 cm³/mol. The van der Waals surface area contributed by atoms with Gasteiger partial charge in [-0.15, -0.1) is 5.10 Å². The van der Waals surface area contributed by atoms with E-state index in [4.69, 9.17) is 37.3 Å². The van der Waals surface area contributed by atoms with Gasteiger partial charge in [0.1, 0.15) is 11.9 Å². The molecule has 0 bridgehead atoms. The Bertz CT molecular complexity index is 1900. The summed E-state index contributed by atoms with van der Waals surface area (Å²) in [7, 11) is 0. The number of nitrogens with zero attached hydrogens (tertiary/aromatic N) is 4. The summed E-state index contributed by atoms with van der Waals surface area (Å²) in [5.41, 5.74) is 2.63. The predicted octanol–water partition coefficient (Wildman–Crippen LogP) is 6.49. The van der Waals surface area contributed by atoms with Gasteiger partial charge in [0.05, 0.1) is 27.5 Å². The lowest BCUT2D eigenvalue weighted by Crippen LogP contribution is -2.22. The zero-order chi connectivity index (χ0) is 24.4. The molecule has 0 spiro atoms. The first-order valence-electron chi connectivity index (χ1n) is 11.1. The molecule has 9 heteroatoms. The third-order valence-corrected chi connectivity index (χ3v) is 6.97. The summed E-state index contributed by atoms with van der Waals surface area (Å²) >= 11 is 13.1. The van der Waals surface area contributed by atoms with Gasteiger partial charge in [0, 0.05) is 10.6 Å². The molecule has 3 aromatic carbocycles. The van der Waals surface area contributed by atoms with Crippen molar-refractivity contribution in [1.29, 1.82) is 0 Å². The largest absolute Gasteiger partial charge is 0.437 e. The number of ether oxygens (including phenoxy) is 1. The summed E-state index contributed by atoms with van der Waals surface area (Å²) in [5.74, 6) is 0.471. The molecule has 0 amide bonds. The van der Waals surface area contributed by atoms with E-state index in [1.54, 1.807) is 28.8 Å². The lowest BCUT2D eigenvalue weighted by molar-refractivity contribution is 0.422. The Labute approximate surface area is 213 Å². The van der Waals surface area contributed by atoms with E-state index in [0.717, 1.165) is 0 Å². The van der Waals surface area contributed by atoms with Crippen molar-refractivity contribution in [2.75, 3.05) is 0 Å². The standard InChI is InChI=1S/C27H14Cl2N4O3/c28-17-10-4-1-7-14(17)20-21-23(16-9-3-6-12-19(16)35-27(21)34)36-26-22(20)25-31-24(32-33(25)13-30-26)15-8-2-5-11-18(15)29/h1-13,20H. The van der Waals surface area contributed by atoms with E-state index in [9.17, 15) is 4.79 Å². The van der Waals surface area contributed by atoms with Crippen LogP contribution in [0.15, 0.2) is 88.3 Å². The van der Waals surface area contributed by atoms with Crippen LogP contribution in [0.5, 0.6) is 11.6 Å². The highest BCUT2D eigenvalue weighted by Gasteiger charge is 2.38. The monoisotopic (exact) mass is 512 g/mol. The molecule has 4 heterocycles. The maximum absolute atomic E-state index is 13.4. The van der Waals surface area contributed by atoms with Crippen molar-refractivity contribution < 1.29 is 9.15 Å². The number of halogens is 2. The van der Waals surface area contributed by atoms with Gasteiger partial charge in [-0.05, 0) is 35.9 Å². The van der Waals surface area contributed by atoms with Crippen molar-refractivity contribution in [3.05, 3.63) is 116 Å². The molecule has 3 aromatic heterocycles. The molecule has 0 saturated carbocycles. The maximum atomic E-state index is 13.4. The molecule has 1 unspecified atom stereocenters. The molecule has 1 aliphatic heterocycles. The summed E-state index contributed by atoms with van der Waals surface area (Å²) in [4.78, 5) is 22.8. The van der Waals surface area contributed by atoms with Crippen molar-refractivity contribution in [2.45, 2.75) is 5.92 Å². The first-order valence-corrected chi connectivity index (χ1v) is 11.8. The number of fused-ring (bicyclic) bond motifs is 6. The molecule has 7 nitrogen and oxygen atoms in total. The number of benzene rings is 3. The first kappa shape index (κ1) is 21.1. The zero-order valence-electron chi connectivity index (χ0n) is 18.4. The Morgan fingerprint density at radius 3 is 2.44 bits per heavy atom. The Hall–Kier alpha value is -4.20. The van der Waals surface area contributed by atoms with Crippen molar-refractivity contribution in [3.8, 4) is 23.0 Å². The van der Waals surface area contributed by atoms with Gasteiger partial charge in [0.25, 0.3) is 0 Å². The molecule has 0 aliphatic carbocycles. The molecule has 0 fully saturated rings. The van der Waals surface area contributed by atoms with Crippen molar-refractivity contribution in [1.82, 2.24) is 19.6 Å². The third kappa shape index (κ3) is 3.07. The minimum absolute atomic E-state index is 0.314. The molecule has 36 heavy (non-hydrogen) atoms. The molecular weight excluding hydrogens is 499 g/mol. The number of para-hydroxylation sites is 1. The van der Waals surface area contributed by atoms with Crippen LogP contribution in [0.3, 0.4) is 0 Å². The van der Waals surface area contributed by atoms with Gasteiger partial charge in [-0.2, -0.15) is 0 Å². The third-order valence-electron chi connectivity index (χ3n) is 6.29. The molecule has 1 atom stereocenters. The summed E-state index contributed by atoms with van der Waals surface area (Å²) in [6, 6.07) is 21.9. The highest BCUT2D eigenvalue weighted by molar-refractivity contribution is 6.33. The van der Waals surface area contributed by atoms with Gasteiger partial charge in [0.15, 0.2) is 17.2 Å². The highest BCUT2D eigenvalue weighted by Crippen LogP contribution is 2.50. The fraction of sp³-hybridized carbons (Fsp3) is 0.0370. The van der Waals surface area contributed by atoms with E-state index in [1.807, 2.05) is 48.5 Å². The van der Waals surface area contributed by atoms with Crippen LogP contribution in [0.25, 0.3) is 28.0 Å². The van der Waals surface area contributed by atoms with Gasteiger partial charge < -0.3 is 9.15 Å². The fourth-order valence-corrected chi connectivity index (χ4v) is 5.17. The molecule has 7 rings (SSSR count). The van der Waals surface area contributed by atoms with Crippen LogP contribution in [0.1, 0.15) is 22.6 Å². The van der Waals surface area contributed by atoms with Crippen LogP contribution >= 0.6 is 23.2 Å².